The van der Waals surface area contributed by atoms with Gasteiger partial charge in [0.25, 0.3) is 0 Å². The SMILES string of the molecule is [O-][N+](=Cc1ccccc1)Cc1ccc(O)cc1. The van der Waals surface area contributed by atoms with Gasteiger partial charge in [-0.05, 0) is 36.4 Å². The van der Waals surface area contributed by atoms with Gasteiger partial charge in [0, 0.05) is 11.1 Å². The average molecular weight is 227 g/mol. The van der Waals surface area contributed by atoms with Crippen LogP contribution >= 0.6 is 0 Å². The van der Waals surface area contributed by atoms with E-state index >= 15 is 0 Å². The molecule has 0 bridgehead atoms. The quantitative estimate of drug-likeness (QED) is 0.379. The second-order valence-corrected chi connectivity index (χ2v) is 3.78. The van der Waals surface area contributed by atoms with Crippen molar-refractivity contribution in [2.24, 2.45) is 0 Å². The van der Waals surface area contributed by atoms with Gasteiger partial charge in [-0.25, -0.2) is 4.74 Å². The summed E-state index contributed by atoms with van der Waals surface area (Å²) in [5.74, 6) is 0.207. The van der Waals surface area contributed by atoms with Crippen LogP contribution in [0, 0.1) is 5.21 Å². The van der Waals surface area contributed by atoms with Gasteiger partial charge in [0.05, 0.1) is 0 Å². The van der Waals surface area contributed by atoms with Crippen molar-refractivity contribution in [3.8, 4) is 5.75 Å². The van der Waals surface area contributed by atoms with E-state index in [1.807, 2.05) is 30.3 Å². The third-order valence-corrected chi connectivity index (χ3v) is 2.37. The summed E-state index contributed by atoms with van der Waals surface area (Å²) in [5.41, 5.74) is 1.74. The normalized spacial score (nSPS) is 11.4. The lowest BCUT2D eigenvalue weighted by Gasteiger charge is -2.04. The molecule has 2 rings (SSSR count). The third-order valence-electron chi connectivity index (χ3n) is 2.37. The Hall–Kier alpha value is -2.29. The Labute approximate surface area is 99.9 Å². The Kier molecular flexibility index (Phi) is 3.40. The minimum atomic E-state index is 0.207. The summed E-state index contributed by atoms with van der Waals surface area (Å²) < 4.78 is 0.877. The van der Waals surface area contributed by atoms with Crippen molar-refractivity contribution in [2.75, 3.05) is 0 Å². The summed E-state index contributed by atoms with van der Waals surface area (Å²) in [4.78, 5) is 0. The number of phenolic OH excluding ortho intramolecular Hbond substituents is 1. The van der Waals surface area contributed by atoms with E-state index in [-0.39, 0.29) is 12.3 Å². The highest BCUT2D eigenvalue weighted by atomic mass is 16.5. The molecule has 0 unspecified atom stereocenters. The Bertz CT molecular complexity index is 504. The molecule has 0 aliphatic rings. The van der Waals surface area contributed by atoms with Crippen LogP contribution < -0.4 is 0 Å². The fourth-order valence-corrected chi connectivity index (χ4v) is 1.53. The van der Waals surface area contributed by atoms with Crippen LogP contribution in [0.1, 0.15) is 11.1 Å². The number of rotatable bonds is 3. The maximum absolute atomic E-state index is 11.7. The fraction of sp³-hybridized carbons (Fsp3) is 0.0714. The first-order valence-electron chi connectivity index (χ1n) is 5.35. The Morgan fingerprint density at radius 3 is 2.29 bits per heavy atom. The summed E-state index contributed by atoms with van der Waals surface area (Å²) in [5, 5.41) is 20.8. The first kappa shape index (κ1) is 11.2. The zero-order chi connectivity index (χ0) is 12.1. The number of aromatic hydroxyl groups is 1. The van der Waals surface area contributed by atoms with Crippen molar-refractivity contribution in [3.63, 3.8) is 0 Å². The molecule has 2 aromatic rings. The van der Waals surface area contributed by atoms with E-state index in [1.165, 1.54) is 0 Å². The minimum absolute atomic E-state index is 0.207. The van der Waals surface area contributed by atoms with Gasteiger partial charge in [-0.15, -0.1) is 0 Å². The van der Waals surface area contributed by atoms with Gasteiger partial charge in [0.2, 0.25) is 0 Å². The van der Waals surface area contributed by atoms with Gasteiger partial charge >= 0.3 is 0 Å². The standard InChI is InChI=1S/C14H13NO2/c16-14-8-6-13(7-9-14)11-15(17)10-12-4-2-1-3-5-12/h1-10,16H,11H2. The molecule has 2 aromatic carbocycles. The molecule has 1 N–H and O–H groups in total. The Morgan fingerprint density at radius 2 is 1.65 bits per heavy atom. The second-order valence-electron chi connectivity index (χ2n) is 3.78. The molecule has 0 fully saturated rings. The van der Waals surface area contributed by atoms with Crippen molar-refractivity contribution in [3.05, 3.63) is 70.9 Å². The van der Waals surface area contributed by atoms with Crippen molar-refractivity contribution in [1.29, 1.82) is 0 Å². The lowest BCUT2D eigenvalue weighted by atomic mass is 10.2. The van der Waals surface area contributed by atoms with E-state index in [1.54, 1.807) is 30.5 Å². The van der Waals surface area contributed by atoms with E-state index < -0.39 is 0 Å². The largest absolute Gasteiger partial charge is 0.624 e. The number of hydrogen-bond donors (Lipinski definition) is 1. The lowest BCUT2D eigenvalue weighted by Crippen LogP contribution is -2.05. The zero-order valence-corrected chi connectivity index (χ0v) is 9.28. The topological polar surface area (TPSA) is 46.3 Å². The molecule has 17 heavy (non-hydrogen) atoms. The van der Waals surface area contributed by atoms with Crippen LogP contribution in [0.3, 0.4) is 0 Å². The zero-order valence-electron chi connectivity index (χ0n) is 9.28. The number of hydrogen-bond acceptors (Lipinski definition) is 2. The summed E-state index contributed by atoms with van der Waals surface area (Å²) in [6.07, 6.45) is 1.55. The Balaban J connectivity index is 2.09. The molecule has 0 spiro atoms. The van der Waals surface area contributed by atoms with Crippen molar-refractivity contribution in [2.45, 2.75) is 6.54 Å². The van der Waals surface area contributed by atoms with Crippen LogP contribution in [0.25, 0.3) is 0 Å². The summed E-state index contributed by atoms with van der Waals surface area (Å²) in [7, 11) is 0. The van der Waals surface area contributed by atoms with E-state index in [4.69, 9.17) is 5.11 Å². The molecule has 0 amide bonds. The second kappa shape index (κ2) is 5.16. The van der Waals surface area contributed by atoms with Gasteiger partial charge in [-0.1, -0.05) is 18.2 Å². The predicted molar refractivity (Wildman–Crippen MR) is 67.0 cm³/mol. The first-order valence-corrected chi connectivity index (χ1v) is 5.35. The van der Waals surface area contributed by atoms with Crippen LogP contribution in [0.2, 0.25) is 0 Å². The van der Waals surface area contributed by atoms with Crippen LogP contribution in [0.15, 0.2) is 54.6 Å². The highest BCUT2D eigenvalue weighted by molar-refractivity contribution is 5.75. The smallest absolute Gasteiger partial charge is 0.182 e. The van der Waals surface area contributed by atoms with Crippen molar-refractivity contribution >= 4 is 6.21 Å². The molecule has 3 nitrogen and oxygen atoms in total. The van der Waals surface area contributed by atoms with E-state index in [0.717, 1.165) is 15.9 Å². The number of nitrogens with zero attached hydrogens (tertiary/aromatic N) is 1. The summed E-state index contributed by atoms with van der Waals surface area (Å²) in [6.45, 7) is 0.273. The molecule has 0 radical (unpaired) electrons. The van der Waals surface area contributed by atoms with Crippen molar-refractivity contribution in [1.82, 2.24) is 0 Å². The summed E-state index contributed by atoms with van der Waals surface area (Å²) in [6, 6.07) is 16.1. The number of benzene rings is 2. The minimum Gasteiger partial charge on any atom is -0.624 e. The molecule has 0 saturated heterocycles. The number of hydroxylamine groups is 1. The van der Waals surface area contributed by atoms with Gasteiger partial charge in [0.15, 0.2) is 12.8 Å². The highest BCUT2D eigenvalue weighted by Gasteiger charge is 1.99. The van der Waals surface area contributed by atoms with Gasteiger partial charge in [-0.3, -0.25) is 0 Å². The van der Waals surface area contributed by atoms with Crippen LogP contribution in [-0.2, 0) is 6.54 Å². The predicted octanol–water partition coefficient (Wildman–Crippen LogP) is 2.52. The molecule has 0 heterocycles. The monoisotopic (exact) mass is 227 g/mol. The third kappa shape index (κ3) is 3.34. The highest BCUT2D eigenvalue weighted by Crippen LogP contribution is 2.10. The van der Waals surface area contributed by atoms with E-state index in [2.05, 4.69) is 0 Å². The molecule has 0 aromatic heterocycles. The molecule has 86 valence electrons. The molecular weight excluding hydrogens is 214 g/mol. The maximum Gasteiger partial charge on any atom is 0.182 e. The van der Waals surface area contributed by atoms with Gasteiger partial charge in [0.1, 0.15) is 5.75 Å². The van der Waals surface area contributed by atoms with Gasteiger partial charge in [-0.2, -0.15) is 0 Å². The average Bonchev–Trinajstić information content (AvgIpc) is 2.33. The molecule has 0 atom stereocenters. The summed E-state index contributed by atoms with van der Waals surface area (Å²) >= 11 is 0. The van der Waals surface area contributed by atoms with E-state index in [0.29, 0.717) is 0 Å². The van der Waals surface area contributed by atoms with Crippen LogP contribution in [0.4, 0.5) is 0 Å². The Morgan fingerprint density at radius 1 is 1.00 bits per heavy atom. The van der Waals surface area contributed by atoms with Crippen LogP contribution in [-0.4, -0.2) is 16.1 Å². The number of phenols is 1. The van der Waals surface area contributed by atoms with E-state index in [9.17, 15) is 5.21 Å². The molecule has 0 aliphatic carbocycles. The molecule has 0 aliphatic heterocycles. The van der Waals surface area contributed by atoms with Crippen molar-refractivity contribution < 1.29 is 9.85 Å². The maximum atomic E-state index is 11.7. The van der Waals surface area contributed by atoms with Gasteiger partial charge < -0.3 is 10.3 Å². The van der Waals surface area contributed by atoms with Crippen LogP contribution in [0.5, 0.6) is 5.75 Å². The molecule has 3 heteroatoms. The fourth-order valence-electron chi connectivity index (χ4n) is 1.53. The molecular formula is C14H13NO2. The lowest BCUT2D eigenvalue weighted by molar-refractivity contribution is -0.469. The molecule has 0 saturated carbocycles. The first-order chi connectivity index (χ1) is 8.24.